The summed E-state index contributed by atoms with van der Waals surface area (Å²) < 4.78 is 9.49. The second-order valence-electron chi connectivity index (χ2n) is 3.16. The molecule has 0 aliphatic heterocycles. The van der Waals surface area contributed by atoms with Gasteiger partial charge in [-0.25, -0.2) is 9.59 Å². The molecule has 0 saturated carbocycles. The van der Waals surface area contributed by atoms with Crippen molar-refractivity contribution in [2.45, 2.75) is 26.9 Å². The minimum atomic E-state index is -1.08. The second kappa shape index (κ2) is 8.37. The minimum Gasteiger partial charge on any atom is -0.445 e. The topological polar surface area (TPSA) is 93.7 Å². The summed E-state index contributed by atoms with van der Waals surface area (Å²) in [4.78, 5) is 33.2. The number of Topliss-reactive ketones (excluding diaryl/α,β-unsaturated/α-hetero) is 1. The van der Waals surface area contributed by atoms with Crippen LogP contribution in [0.15, 0.2) is 0 Å². The molecule has 1 atom stereocenters. The van der Waals surface area contributed by atoms with Gasteiger partial charge in [0, 0.05) is 13.1 Å². The number of ether oxygens (including phenoxy) is 2. The number of alkyl carbamates (subject to hydrolysis) is 2. The van der Waals surface area contributed by atoms with Gasteiger partial charge in [-0.2, -0.15) is 0 Å². The third-order valence-corrected chi connectivity index (χ3v) is 1.71. The molecule has 0 aliphatic carbocycles. The van der Waals surface area contributed by atoms with Gasteiger partial charge >= 0.3 is 12.2 Å². The lowest BCUT2D eigenvalue weighted by Gasteiger charge is -2.15. The Morgan fingerprint density at radius 3 is 2.06 bits per heavy atom. The van der Waals surface area contributed by atoms with Crippen LogP contribution >= 0.6 is 0 Å². The summed E-state index contributed by atoms with van der Waals surface area (Å²) in [7, 11) is 0. The van der Waals surface area contributed by atoms with Gasteiger partial charge in [0.2, 0.25) is 0 Å². The Hall–Kier alpha value is -1.79. The molecule has 17 heavy (non-hydrogen) atoms. The molecule has 7 nitrogen and oxygen atoms in total. The molecule has 0 aliphatic rings. The summed E-state index contributed by atoms with van der Waals surface area (Å²) in [5.41, 5.74) is 0. The molecule has 0 aromatic heterocycles. The molecule has 0 heterocycles. The van der Waals surface area contributed by atoms with Crippen molar-refractivity contribution < 1.29 is 23.9 Å². The van der Waals surface area contributed by atoms with E-state index in [9.17, 15) is 14.4 Å². The third-order valence-electron chi connectivity index (χ3n) is 1.71. The van der Waals surface area contributed by atoms with E-state index in [1.165, 1.54) is 6.92 Å². The average Bonchev–Trinajstić information content (AvgIpc) is 2.24. The van der Waals surface area contributed by atoms with Crippen LogP contribution < -0.4 is 10.6 Å². The summed E-state index contributed by atoms with van der Waals surface area (Å²) in [6, 6.07) is 0. The average molecular weight is 246 g/mol. The van der Waals surface area contributed by atoms with Crippen LogP contribution in [0.5, 0.6) is 0 Å². The Morgan fingerprint density at radius 1 is 1.06 bits per heavy atom. The zero-order chi connectivity index (χ0) is 13.3. The number of hydrogen-bond donors (Lipinski definition) is 2. The van der Waals surface area contributed by atoms with Crippen LogP contribution in [0.3, 0.4) is 0 Å². The monoisotopic (exact) mass is 246 g/mol. The summed E-state index contributed by atoms with van der Waals surface area (Å²) in [5.74, 6) is -0.388. The van der Waals surface area contributed by atoms with Gasteiger partial charge in [0.1, 0.15) is 6.61 Å². The number of carbonyl (C=O) groups excluding carboxylic acids is 3. The van der Waals surface area contributed by atoms with Gasteiger partial charge in [-0.1, -0.05) is 0 Å². The third kappa shape index (κ3) is 7.15. The quantitative estimate of drug-likeness (QED) is 0.709. The van der Waals surface area contributed by atoms with Gasteiger partial charge in [0.25, 0.3) is 0 Å². The van der Waals surface area contributed by atoms with E-state index in [2.05, 4.69) is 10.6 Å². The first kappa shape index (κ1) is 15.2. The normalized spacial score (nSPS) is 11.2. The molecule has 2 amide bonds. The van der Waals surface area contributed by atoms with Gasteiger partial charge in [0.05, 0.1) is 0 Å². The maximum absolute atomic E-state index is 11.1. The Morgan fingerprint density at radius 2 is 1.59 bits per heavy atom. The van der Waals surface area contributed by atoms with E-state index < -0.39 is 18.3 Å². The molecule has 7 heteroatoms. The van der Waals surface area contributed by atoms with Gasteiger partial charge in [-0.15, -0.1) is 0 Å². The molecule has 98 valence electrons. The first-order valence-corrected chi connectivity index (χ1v) is 5.36. The van der Waals surface area contributed by atoms with E-state index in [1.54, 1.807) is 13.8 Å². The van der Waals surface area contributed by atoms with E-state index in [-0.39, 0.29) is 12.4 Å². The van der Waals surface area contributed by atoms with E-state index >= 15 is 0 Å². The van der Waals surface area contributed by atoms with E-state index in [4.69, 9.17) is 9.47 Å². The highest BCUT2D eigenvalue weighted by atomic mass is 16.6. The number of rotatable bonds is 6. The number of ketones is 1. The number of carbonyl (C=O) groups is 3. The number of nitrogens with one attached hydrogen (secondary N) is 2. The summed E-state index contributed by atoms with van der Waals surface area (Å²) >= 11 is 0. The van der Waals surface area contributed by atoms with Crippen LogP contribution in [-0.2, 0) is 14.3 Å². The van der Waals surface area contributed by atoms with E-state index in [0.717, 1.165) is 0 Å². The van der Waals surface area contributed by atoms with Crippen LogP contribution in [0.4, 0.5) is 9.59 Å². The van der Waals surface area contributed by atoms with Gasteiger partial charge in [-0.3, -0.25) is 4.79 Å². The van der Waals surface area contributed by atoms with Gasteiger partial charge in [-0.05, 0) is 20.8 Å². The Balaban J connectivity index is 4.11. The molecule has 0 bridgehead atoms. The number of amides is 2. The van der Waals surface area contributed by atoms with Gasteiger partial charge < -0.3 is 20.1 Å². The van der Waals surface area contributed by atoms with Crippen LogP contribution in [0, 0.1) is 0 Å². The largest absolute Gasteiger partial charge is 0.445 e. The lowest BCUT2D eigenvalue weighted by atomic mass is 10.3. The molecule has 0 aromatic carbocycles. The second-order valence-corrected chi connectivity index (χ2v) is 3.16. The van der Waals surface area contributed by atoms with Crippen LogP contribution in [-0.4, -0.2) is 43.8 Å². The fourth-order valence-electron chi connectivity index (χ4n) is 0.896. The first-order valence-electron chi connectivity index (χ1n) is 5.36. The Bertz CT molecular complexity index is 280. The first-order chi connectivity index (χ1) is 8.01. The van der Waals surface area contributed by atoms with Gasteiger partial charge in [0.15, 0.2) is 11.9 Å². The lowest BCUT2D eigenvalue weighted by Crippen LogP contribution is -2.37. The van der Waals surface area contributed by atoms with Crippen molar-refractivity contribution in [1.82, 2.24) is 10.6 Å². The highest BCUT2D eigenvalue weighted by Gasteiger charge is 2.20. The van der Waals surface area contributed by atoms with Crippen molar-refractivity contribution in [3.63, 3.8) is 0 Å². The number of hydrogen-bond acceptors (Lipinski definition) is 5. The highest BCUT2D eigenvalue weighted by Crippen LogP contribution is 1.97. The van der Waals surface area contributed by atoms with Crippen molar-refractivity contribution >= 4 is 18.0 Å². The lowest BCUT2D eigenvalue weighted by molar-refractivity contribution is -0.127. The van der Waals surface area contributed by atoms with Crippen molar-refractivity contribution in [1.29, 1.82) is 0 Å². The van der Waals surface area contributed by atoms with Crippen molar-refractivity contribution in [3.05, 3.63) is 0 Å². The molecule has 0 fully saturated rings. The Kier molecular flexibility index (Phi) is 7.49. The van der Waals surface area contributed by atoms with E-state index in [1.807, 2.05) is 0 Å². The molecule has 0 aromatic rings. The molecule has 0 spiro atoms. The van der Waals surface area contributed by atoms with Crippen LogP contribution in [0.25, 0.3) is 0 Å². The molecular formula is C10H18N2O5. The van der Waals surface area contributed by atoms with E-state index in [0.29, 0.717) is 13.1 Å². The fourth-order valence-corrected chi connectivity index (χ4v) is 0.896. The smallest absolute Gasteiger partial charge is 0.407 e. The molecule has 0 rings (SSSR count). The molecular weight excluding hydrogens is 228 g/mol. The standard InChI is InChI=1S/C10H18N2O5/c1-4-11-9(14)16-6-8(7(3)13)17-10(15)12-5-2/h8H,4-6H2,1-3H3,(H,11,14)(H,12,15). The van der Waals surface area contributed by atoms with Crippen LogP contribution in [0.1, 0.15) is 20.8 Å². The molecule has 0 saturated heterocycles. The zero-order valence-corrected chi connectivity index (χ0v) is 10.2. The fraction of sp³-hybridized carbons (Fsp3) is 0.700. The SMILES string of the molecule is CCNC(=O)OCC(OC(=O)NCC)C(C)=O. The summed E-state index contributed by atoms with van der Waals surface area (Å²) in [6.45, 7) is 5.22. The molecule has 2 N–H and O–H groups in total. The van der Waals surface area contributed by atoms with Crippen molar-refractivity contribution in [2.24, 2.45) is 0 Å². The molecule has 0 radical (unpaired) electrons. The maximum atomic E-state index is 11.1. The predicted octanol–water partition coefficient (Wildman–Crippen LogP) is 0.436. The van der Waals surface area contributed by atoms with Crippen LogP contribution in [0.2, 0.25) is 0 Å². The molecule has 1 unspecified atom stereocenters. The highest BCUT2D eigenvalue weighted by molar-refractivity contribution is 5.83. The summed E-state index contributed by atoms with van der Waals surface area (Å²) in [6.07, 6.45) is -2.45. The minimum absolute atomic E-state index is 0.293. The Labute approximate surface area is 99.8 Å². The van der Waals surface area contributed by atoms with Crippen molar-refractivity contribution in [3.8, 4) is 0 Å². The zero-order valence-electron chi connectivity index (χ0n) is 10.2. The maximum Gasteiger partial charge on any atom is 0.407 e. The summed E-state index contributed by atoms with van der Waals surface area (Å²) in [5, 5.41) is 4.76. The van der Waals surface area contributed by atoms with Crippen molar-refractivity contribution in [2.75, 3.05) is 19.7 Å². The predicted molar refractivity (Wildman–Crippen MR) is 59.7 cm³/mol.